The number of amides is 2. The molecular formula is C23H23ClN6O2. The van der Waals surface area contributed by atoms with E-state index in [1.54, 1.807) is 6.07 Å². The molecule has 2 aromatic carbocycles. The number of nitrogens with zero attached hydrogens (tertiary/aromatic N) is 2. The summed E-state index contributed by atoms with van der Waals surface area (Å²) in [5.41, 5.74) is 14.7. The number of hydrogen-bond acceptors (Lipinski definition) is 6. The van der Waals surface area contributed by atoms with E-state index in [2.05, 4.69) is 10.3 Å². The van der Waals surface area contributed by atoms with Crippen LogP contribution in [0.5, 0.6) is 0 Å². The van der Waals surface area contributed by atoms with E-state index in [0.29, 0.717) is 5.02 Å². The number of carbonyl (C=O) groups is 2. The number of nitrogens with two attached hydrogens (primary N) is 2. The molecule has 1 heterocycles. The van der Waals surface area contributed by atoms with Crippen LogP contribution in [-0.4, -0.2) is 27.9 Å². The van der Waals surface area contributed by atoms with Crippen molar-refractivity contribution in [1.29, 1.82) is 5.41 Å². The maximum atomic E-state index is 13.1. The number of rotatable bonds is 6. The summed E-state index contributed by atoms with van der Waals surface area (Å²) >= 11 is 6.05. The van der Waals surface area contributed by atoms with Crippen molar-refractivity contribution in [1.82, 2.24) is 9.88 Å². The molecular weight excluding hydrogens is 428 g/mol. The topological polar surface area (TPSA) is 138 Å². The van der Waals surface area contributed by atoms with E-state index in [1.165, 1.54) is 11.1 Å². The Labute approximate surface area is 190 Å². The van der Waals surface area contributed by atoms with Gasteiger partial charge < -0.3 is 27.1 Å². The third-order valence-electron chi connectivity index (χ3n) is 4.95. The average Bonchev–Trinajstić information content (AvgIpc) is 2.77. The lowest BCUT2D eigenvalue weighted by Crippen LogP contribution is -2.39. The Hall–Kier alpha value is -3.91. The van der Waals surface area contributed by atoms with Crippen LogP contribution in [0.2, 0.25) is 5.02 Å². The zero-order valence-corrected chi connectivity index (χ0v) is 18.2. The Balaban J connectivity index is 1.87. The van der Waals surface area contributed by atoms with Crippen molar-refractivity contribution in [2.75, 3.05) is 16.8 Å². The predicted octanol–water partition coefficient (Wildman–Crippen LogP) is 3.37. The molecule has 0 atom stereocenters. The Bertz CT molecular complexity index is 1170. The smallest absolute Gasteiger partial charge is 0.314 e. The number of aromatic nitrogens is 1. The van der Waals surface area contributed by atoms with Crippen LogP contribution >= 0.6 is 11.6 Å². The fourth-order valence-electron chi connectivity index (χ4n) is 3.17. The first-order valence-corrected chi connectivity index (χ1v) is 10.1. The number of carbonyl (C=O) groups excluding carboxylic acids is 2. The Morgan fingerprint density at radius 1 is 1.16 bits per heavy atom. The summed E-state index contributed by atoms with van der Waals surface area (Å²) in [4.78, 5) is 31.3. The minimum atomic E-state index is -0.873. The van der Waals surface area contributed by atoms with E-state index in [-0.39, 0.29) is 35.8 Å². The molecule has 3 rings (SSSR count). The summed E-state index contributed by atoms with van der Waals surface area (Å²) in [6, 6.07) is 14.8. The molecule has 0 aliphatic rings. The van der Waals surface area contributed by atoms with E-state index < -0.39 is 11.8 Å². The molecule has 1 aromatic heterocycles. The molecule has 6 N–H and O–H groups in total. The molecule has 0 fully saturated rings. The highest BCUT2D eigenvalue weighted by atomic mass is 35.5. The molecule has 0 aliphatic carbocycles. The molecule has 0 aliphatic heterocycles. The molecule has 0 saturated heterocycles. The molecule has 164 valence electrons. The van der Waals surface area contributed by atoms with Gasteiger partial charge in [0.15, 0.2) is 0 Å². The molecule has 0 radical (unpaired) electrons. The van der Waals surface area contributed by atoms with Gasteiger partial charge in [0.25, 0.3) is 0 Å². The van der Waals surface area contributed by atoms with Crippen LogP contribution in [0.4, 0.5) is 17.2 Å². The Kier molecular flexibility index (Phi) is 7.07. The minimum absolute atomic E-state index is 0.0609. The predicted molar refractivity (Wildman–Crippen MR) is 126 cm³/mol. The van der Waals surface area contributed by atoms with Gasteiger partial charge in [0.1, 0.15) is 5.82 Å². The standard InChI is InChI=1S/C23H23ClN6O2/c1-14-9-17(24)8-7-16(14)13-30(12-15-5-3-2-4-6-15)23(32)22(31)29-19-11-28-21(27)18(10-25)20(19)26/h2-11,25H,12-13H2,1H3,(H,29,31)(H4,26,27,28). The van der Waals surface area contributed by atoms with Crippen LogP contribution in [0.3, 0.4) is 0 Å². The molecule has 3 aromatic rings. The quantitative estimate of drug-likeness (QED) is 0.337. The molecule has 0 saturated carbocycles. The molecule has 9 heteroatoms. The SMILES string of the molecule is Cc1cc(Cl)ccc1CN(Cc1ccccc1)C(=O)C(=O)Nc1cnc(N)c(C=N)c1N. The van der Waals surface area contributed by atoms with Crippen molar-refractivity contribution in [3.8, 4) is 0 Å². The summed E-state index contributed by atoms with van der Waals surface area (Å²) < 4.78 is 0. The zero-order valence-electron chi connectivity index (χ0n) is 17.4. The van der Waals surface area contributed by atoms with Crippen LogP contribution in [0, 0.1) is 12.3 Å². The summed E-state index contributed by atoms with van der Waals surface area (Å²) in [5, 5.41) is 10.5. The van der Waals surface area contributed by atoms with E-state index in [1.807, 2.05) is 49.4 Å². The van der Waals surface area contributed by atoms with Gasteiger partial charge in [-0.15, -0.1) is 0 Å². The van der Waals surface area contributed by atoms with E-state index in [0.717, 1.165) is 22.9 Å². The average molecular weight is 451 g/mol. The lowest BCUT2D eigenvalue weighted by Gasteiger charge is -2.23. The fourth-order valence-corrected chi connectivity index (χ4v) is 3.40. The van der Waals surface area contributed by atoms with Gasteiger partial charge in [-0.05, 0) is 35.7 Å². The molecule has 0 unspecified atom stereocenters. The van der Waals surface area contributed by atoms with Gasteiger partial charge in [0, 0.05) is 24.3 Å². The van der Waals surface area contributed by atoms with Crippen LogP contribution in [0.15, 0.2) is 54.7 Å². The van der Waals surface area contributed by atoms with Gasteiger partial charge in [-0.25, -0.2) is 4.98 Å². The van der Waals surface area contributed by atoms with E-state index in [9.17, 15) is 9.59 Å². The number of pyridine rings is 1. The van der Waals surface area contributed by atoms with Crippen LogP contribution in [0.1, 0.15) is 22.3 Å². The Morgan fingerprint density at radius 2 is 1.88 bits per heavy atom. The second-order valence-corrected chi connectivity index (χ2v) is 7.64. The molecule has 8 nitrogen and oxygen atoms in total. The van der Waals surface area contributed by atoms with Gasteiger partial charge in [-0.1, -0.05) is 48.0 Å². The summed E-state index contributed by atoms with van der Waals surface area (Å²) in [6.07, 6.45) is 2.20. The lowest BCUT2D eigenvalue weighted by molar-refractivity contribution is -0.144. The fraction of sp³-hybridized carbons (Fsp3) is 0.130. The molecule has 0 bridgehead atoms. The lowest BCUT2D eigenvalue weighted by atomic mass is 10.1. The number of nitrogen functional groups attached to an aromatic ring is 2. The highest BCUT2D eigenvalue weighted by molar-refractivity contribution is 6.39. The number of benzene rings is 2. The third-order valence-corrected chi connectivity index (χ3v) is 5.18. The van der Waals surface area contributed by atoms with Crippen molar-refractivity contribution >= 4 is 46.8 Å². The summed E-state index contributed by atoms with van der Waals surface area (Å²) in [7, 11) is 0. The Morgan fingerprint density at radius 3 is 2.53 bits per heavy atom. The molecule has 32 heavy (non-hydrogen) atoms. The van der Waals surface area contributed by atoms with Crippen molar-refractivity contribution in [3.05, 3.63) is 82.0 Å². The maximum absolute atomic E-state index is 13.1. The first-order chi connectivity index (χ1) is 15.3. The normalized spacial score (nSPS) is 10.4. The van der Waals surface area contributed by atoms with Crippen molar-refractivity contribution < 1.29 is 9.59 Å². The molecule has 2 amide bonds. The van der Waals surface area contributed by atoms with Gasteiger partial charge in [-0.2, -0.15) is 0 Å². The number of nitrogens with one attached hydrogen (secondary N) is 2. The van der Waals surface area contributed by atoms with Gasteiger partial charge in [0.05, 0.1) is 23.1 Å². The first kappa shape index (κ1) is 22.8. The van der Waals surface area contributed by atoms with Crippen molar-refractivity contribution in [3.63, 3.8) is 0 Å². The summed E-state index contributed by atoms with van der Waals surface area (Å²) in [6.45, 7) is 2.34. The highest BCUT2D eigenvalue weighted by Gasteiger charge is 2.24. The van der Waals surface area contributed by atoms with Crippen LogP contribution < -0.4 is 16.8 Å². The number of anilines is 3. The zero-order chi connectivity index (χ0) is 23.3. The van der Waals surface area contributed by atoms with Crippen molar-refractivity contribution in [2.45, 2.75) is 20.0 Å². The van der Waals surface area contributed by atoms with Gasteiger partial charge in [-0.3, -0.25) is 9.59 Å². The number of aryl methyl sites for hydroxylation is 1. The number of halogens is 1. The largest absolute Gasteiger partial charge is 0.396 e. The first-order valence-electron chi connectivity index (χ1n) is 9.73. The molecule has 0 spiro atoms. The van der Waals surface area contributed by atoms with Gasteiger partial charge in [0.2, 0.25) is 0 Å². The monoisotopic (exact) mass is 450 g/mol. The number of hydrogen-bond donors (Lipinski definition) is 4. The third kappa shape index (κ3) is 5.22. The second-order valence-electron chi connectivity index (χ2n) is 7.20. The highest BCUT2D eigenvalue weighted by Crippen LogP contribution is 2.25. The van der Waals surface area contributed by atoms with Crippen LogP contribution in [-0.2, 0) is 22.7 Å². The second kappa shape index (κ2) is 9.93. The van der Waals surface area contributed by atoms with Crippen LogP contribution in [0.25, 0.3) is 0 Å². The minimum Gasteiger partial charge on any atom is -0.396 e. The van der Waals surface area contributed by atoms with E-state index in [4.69, 9.17) is 28.5 Å². The van der Waals surface area contributed by atoms with Gasteiger partial charge >= 0.3 is 11.8 Å². The summed E-state index contributed by atoms with van der Waals surface area (Å²) in [5.74, 6) is -1.55. The van der Waals surface area contributed by atoms with E-state index >= 15 is 0 Å². The maximum Gasteiger partial charge on any atom is 0.314 e. The van der Waals surface area contributed by atoms with Crippen molar-refractivity contribution in [2.24, 2.45) is 0 Å².